The number of imidazole rings is 1. The second-order valence-electron chi connectivity index (χ2n) is 11.2. The van der Waals surface area contributed by atoms with Crippen LogP contribution >= 0.6 is 0 Å². The predicted octanol–water partition coefficient (Wildman–Crippen LogP) is 4.26. The lowest BCUT2D eigenvalue weighted by Gasteiger charge is -2.29. The number of carbonyl (C=O) groups is 2. The molecule has 0 spiro atoms. The molecule has 0 radical (unpaired) electrons. The summed E-state index contributed by atoms with van der Waals surface area (Å²) in [6, 6.07) is -0.387. The molecule has 3 amide bonds. The van der Waals surface area contributed by atoms with Crippen LogP contribution in [0.2, 0.25) is 0 Å². The average molecular weight is 634 g/mol. The van der Waals surface area contributed by atoms with E-state index in [1.165, 1.54) is 13.0 Å². The van der Waals surface area contributed by atoms with Crippen LogP contribution in [0.4, 0.5) is 31.1 Å². The van der Waals surface area contributed by atoms with Crippen molar-refractivity contribution in [3.8, 4) is 0 Å². The van der Waals surface area contributed by atoms with E-state index in [0.29, 0.717) is 16.6 Å². The number of hydrogen-bond donors (Lipinski definition) is 3. The normalized spacial score (nSPS) is 19.3. The highest BCUT2D eigenvalue weighted by Crippen LogP contribution is 2.35. The molecule has 240 valence electrons. The van der Waals surface area contributed by atoms with E-state index < -0.39 is 61.2 Å². The van der Waals surface area contributed by atoms with Gasteiger partial charge in [0.25, 0.3) is 5.91 Å². The van der Waals surface area contributed by atoms with Gasteiger partial charge in [0, 0.05) is 0 Å². The number of benzene rings is 1. The highest BCUT2D eigenvalue weighted by molar-refractivity contribution is 5.93. The van der Waals surface area contributed by atoms with Crippen LogP contribution in [0.3, 0.4) is 0 Å². The zero-order chi connectivity index (χ0) is 32.0. The number of urea groups is 1. The van der Waals surface area contributed by atoms with Crippen molar-refractivity contribution in [1.29, 1.82) is 0 Å². The first kappa shape index (κ1) is 31.5. The Bertz CT molecular complexity index is 1520. The number of hydrogen-bond acceptors (Lipinski definition) is 8. The molecule has 1 saturated heterocycles. The van der Waals surface area contributed by atoms with Crippen molar-refractivity contribution < 1.29 is 50.0 Å². The van der Waals surface area contributed by atoms with Gasteiger partial charge in [-0.3, -0.25) is 4.79 Å². The number of aryl methyl sites for hydroxylation is 1. The van der Waals surface area contributed by atoms with Crippen molar-refractivity contribution in [1.82, 2.24) is 35.8 Å². The van der Waals surface area contributed by atoms with E-state index in [2.05, 4.69) is 30.2 Å². The maximum absolute atomic E-state index is 13.5. The highest BCUT2D eigenvalue weighted by atomic mass is 19.4. The summed E-state index contributed by atoms with van der Waals surface area (Å²) in [6.45, 7) is 1.80. The monoisotopic (exact) mass is 633 g/mol. The standard InChI is InChI=1S/C26H29F6N7O5/c1-12-20(38-44-37-12)22(40)35-17(10-43-24(2,3)26(30,31)32)21-33-15-7-4-13(8-16(15)34-21)18(11-42-14-5-6-14)39-9-19(25(27,28)29)36-23(39)41/h4,7-8,14,17-19H,5-6,9-11H2,1-3H3,(H,33,34)(H,35,40)(H,36,41)/t17-,18+,19-/m0/s1. The van der Waals surface area contributed by atoms with Gasteiger partial charge in [-0.05, 0) is 56.5 Å². The third-order valence-electron chi connectivity index (χ3n) is 7.43. The van der Waals surface area contributed by atoms with Gasteiger partial charge in [0.1, 0.15) is 23.6 Å². The minimum atomic E-state index is -4.72. The zero-order valence-electron chi connectivity index (χ0n) is 23.7. The van der Waals surface area contributed by atoms with Gasteiger partial charge < -0.3 is 30.0 Å². The van der Waals surface area contributed by atoms with Crippen LogP contribution in [-0.4, -0.2) is 87.0 Å². The molecule has 18 heteroatoms. The first-order valence-corrected chi connectivity index (χ1v) is 13.6. The molecular weight excluding hydrogens is 604 g/mol. The van der Waals surface area contributed by atoms with Gasteiger partial charge >= 0.3 is 18.4 Å². The number of nitrogens with zero attached hydrogens (tertiary/aromatic N) is 4. The first-order chi connectivity index (χ1) is 20.5. The van der Waals surface area contributed by atoms with Crippen LogP contribution in [-0.2, 0) is 9.47 Å². The Hall–Kier alpha value is -3.93. The van der Waals surface area contributed by atoms with Gasteiger partial charge in [-0.25, -0.2) is 14.4 Å². The number of alkyl halides is 6. The summed E-state index contributed by atoms with van der Waals surface area (Å²) in [4.78, 5) is 33.9. The van der Waals surface area contributed by atoms with Crippen molar-refractivity contribution in [2.45, 2.75) is 75.8 Å². The molecule has 3 aromatic rings. The fraction of sp³-hybridized carbons (Fsp3) is 0.577. The molecule has 1 aromatic carbocycles. The number of fused-ring (bicyclic) bond motifs is 1. The Morgan fingerprint density at radius 2 is 1.89 bits per heavy atom. The van der Waals surface area contributed by atoms with E-state index in [0.717, 1.165) is 31.6 Å². The highest BCUT2D eigenvalue weighted by Gasteiger charge is 2.50. The van der Waals surface area contributed by atoms with Gasteiger partial charge in [-0.1, -0.05) is 11.2 Å². The van der Waals surface area contributed by atoms with Gasteiger partial charge in [0.15, 0.2) is 11.3 Å². The molecule has 2 fully saturated rings. The lowest BCUT2D eigenvalue weighted by molar-refractivity contribution is -0.265. The third kappa shape index (κ3) is 6.74. The maximum atomic E-state index is 13.5. The minimum Gasteiger partial charge on any atom is -0.376 e. The Labute approximate surface area is 245 Å². The second kappa shape index (κ2) is 11.5. The largest absolute Gasteiger partial charge is 0.416 e. The van der Waals surface area contributed by atoms with Crippen LogP contribution in [0, 0.1) is 6.92 Å². The van der Waals surface area contributed by atoms with E-state index in [9.17, 15) is 35.9 Å². The van der Waals surface area contributed by atoms with Gasteiger partial charge in [-0.15, -0.1) is 0 Å². The summed E-state index contributed by atoms with van der Waals surface area (Å²) >= 11 is 0. The number of amides is 3. The SMILES string of the molecule is Cc1nonc1C(=O)N[C@@H](COC(C)(C)C(F)(F)F)c1nc2ccc([C@@H](COC3CC3)N3C[C@@H](C(F)(F)F)NC3=O)cc2[nH]1. The number of carbonyl (C=O) groups excluding carboxylic acids is 2. The van der Waals surface area contributed by atoms with Crippen LogP contribution in [0.5, 0.6) is 0 Å². The molecule has 2 aromatic heterocycles. The minimum absolute atomic E-state index is 0.0272. The number of nitrogens with one attached hydrogen (secondary N) is 3. The molecule has 12 nitrogen and oxygen atoms in total. The lowest BCUT2D eigenvalue weighted by atomic mass is 10.1. The molecule has 0 bridgehead atoms. The zero-order valence-corrected chi connectivity index (χ0v) is 23.7. The number of H-pyrrole nitrogens is 1. The molecule has 3 atom stereocenters. The van der Waals surface area contributed by atoms with E-state index in [1.54, 1.807) is 12.1 Å². The molecule has 5 rings (SSSR count). The van der Waals surface area contributed by atoms with E-state index in [1.807, 2.05) is 5.32 Å². The maximum Gasteiger partial charge on any atom is 0.416 e. The second-order valence-corrected chi connectivity index (χ2v) is 11.2. The van der Waals surface area contributed by atoms with Crippen molar-refractivity contribution in [2.24, 2.45) is 0 Å². The number of aromatic amines is 1. The summed E-state index contributed by atoms with van der Waals surface area (Å²) in [7, 11) is 0. The Morgan fingerprint density at radius 1 is 1.16 bits per heavy atom. The summed E-state index contributed by atoms with van der Waals surface area (Å²) < 4.78 is 96.2. The van der Waals surface area contributed by atoms with Crippen molar-refractivity contribution in [2.75, 3.05) is 19.8 Å². The third-order valence-corrected chi connectivity index (χ3v) is 7.43. The Balaban J connectivity index is 1.44. The number of ether oxygens (including phenoxy) is 2. The average Bonchev–Trinajstić information content (AvgIpc) is 3.29. The van der Waals surface area contributed by atoms with Gasteiger partial charge in [0.05, 0.1) is 42.9 Å². The molecule has 1 saturated carbocycles. The molecule has 3 heterocycles. The van der Waals surface area contributed by atoms with Gasteiger partial charge in [0.2, 0.25) is 0 Å². The summed E-state index contributed by atoms with van der Waals surface area (Å²) in [5, 5.41) is 11.5. The quantitative estimate of drug-likeness (QED) is 0.266. The molecule has 2 aliphatic rings. The van der Waals surface area contributed by atoms with Crippen LogP contribution in [0.15, 0.2) is 22.8 Å². The molecule has 44 heavy (non-hydrogen) atoms. The predicted molar refractivity (Wildman–Crippen MR) is 138 cm³/mol. The number of halogens is 6. The Morgan fingerprint density at radius 3 is 2.48 bits per heavy atom. The number of aromatic nitrogens is 4. The molecule has 3 N–H and O–H groups in total. The van der Waals surface area contributed by atoms with Crippen LogP contribution in [0.25, 0.3) is 11.0 Å². The van der Waals surface area contributed by atoms with Gasteiger partial charge in [-0.2, -0.15) is 26.3 Å². The smallest absolute Gasteiger partial charge is 0.376 e. The van der Waals surface area contributed by atoms with Crippen LogP contribution in [0.1, 0.15) is 66.3 Å². The first-order valence-electron chi connectivity index (χ1n) is 13.6. The molecule has 1 aliphatic heterocycles. The van der Waals surface area contributed by atoms with Crippen molar-refractivity contribution in [3.63, 3.8) is 0 Å². The van der Waals surface area contributed by atoms with E-state index in [-0.39, 0.29) is 29.9 Å². The van der Waals surface area contributed by atoms with Crippen molar-refractivity contribution in [3.05, 3.63) is 41.0 Å². The molecule has 0 unspecified atom stereocenters. The van der Waals surface area contributed by atoms with E-state index in [4.69, 9.17) is 9.47 Å². The topological polar surface area (TPSA) is 148 Å². The summed E-state index contributed by atoms with van der Waals surface area (Å²) in [5.74, 6) is -0.778. The van der Waals surface area contributed by atoms with Crippen molar-refractivity contribution >= 4 is 23.0 Å². The number of rotatable bonds is 11. The van der Waals surface area contributed by atoms with E-state index >= 15 is 0 Å². The molecule has 1 aliphatic carbocycles. The summed E-state index contributed by atoms with van der Waals surface area (Å²) in [6.07, 6.45) is -7.80. The molecular formula is C26H29F6N7O5. The fourth-order valence-corrected chi connectivity index (χ4v) is 4.49. The fourth-order valence-electron chi connectivity index (χ4n) is 4.49. The Kier molecular flexibility index (Phi) is 8.25. The lowest BCUT2D eigenvalue weighted by Crippen LogP contribution is -2.44. The van der Waals surface area contributed by atoms with Crippen LogP contribution < -0.4 is 10.6 Å². The summed E-state index contributed by atoms with van der Waals surface area (Å²) in [5.41, 5.74) is -1.51.